The predicted molar refractivity (Wildman–Crippen MR) is 100 cm³/mol. The summed E-state index contributed by atoms with van der Waals surface area (Å²) in [6, 6.07) is 13.8. The maximum Gasteiger partial charge on any atom is 0.159 e. The third-order valence-electron chi connectivity index (χ3n) is 6.69. The number of aliphatic hydroxyl groups is 1. The number of allylic oxidation sites excluding steroid dienone is 2. The summed E-state index contributed by atoms with van der Waals surface area (Å²) in [5.74, 6) is 0.928. The number of fused-ring (bicyclic) bond motifs is 5. The lowest BCUT2D eigenvalue weighted by Crippen LogP contribution is -2.44. The highest BCUT2D eigenvalue weighted by atomic mass is 16.3. The number of pyridine rings is 1. The van der Waals surface area contributed by atoms with Gasteiger partial charge in [0.25, 0.3) is 0 Å². The van der Waals surface area contributed by atoms with E-state index in [9.17, 15) is 9.90 Å². The number of nitrogens with zero attached hydrogens (tertiary/aromatic N) is 1. The van der Waals surface area contributed by atoms with E-state index in [0.717, 1.165) is 41.7 Å². The van der Waals surface area contributed by atoms with Crippen molar-refractivity contribution in [2.45, 2.75) is 37.7 Å². The van der Waals surface area contributed by atoms with Crippen LogP contribution >= 0.6 is 0 Å². The minimum absolute atomic E-state index is 0.128. The first kappa shape index (κ1) is 16.0. The maximum atomic E-state index is 12.8. The quantitative estimate of drug-likeness (QED) is 0.846. The molecule has 0 saturated heterocycles. The standard InChI is InChI=1S/C23H23NO2/c25-21-13-18-19(16-9-4-5-10-17(16)21)14-23(26,15-7-2-1-3-8-15)20-11-6-12-24-22(18)20/h1-3,6-8,11-13,16-17,19,26H,4-5,9-10,14H2/t16-,17-,19+,23-/m0/s1. The summed E-state index contributed by atoms with van der Waals surface area (Å²) in [6.45, 7) is 0. The predicted octanol–water partition coefficient (Wildman–Crippen LogP) is 4.11. The Hall–Kier alpha value is -2.26. The highest BCUT2D eigenvalue weighted by Crippen LogP contribution is 2.55. The topological polar surface area (TPSA) is 50.2 Å². The molecule has 0 amide bonds. The Morgan fingerprint density at radius 2 is 1.81 bits per heavy atom. The van der Waals surface area contributed by atoms with E-state index in [1.165, 1.54) is 6.42 Å². The Morgan fingerprint density at radius 3 is 2.65 bits per heavy atom. The summed E-state index contributed by atoms with van der Waals surface area (Å²) in [5, 5.41) is 11.8. The molecule has 1 aromatic heterocycles. The monoisotopic (exact) mass is 345 g/mol. The van der Waals surface area contributed by atoms with E-state index in [4.69, 9.17) is 0 Å². The summed E-state index contributed by atoms with van der Waals surface area (Å²) in [4.78, 5) is 17.4. The van der Waals surface area contributed by atoms with Crippen LogP contribution in [0.3, 0.4) is 0 Å². The first-order chi connectivity index (χ1) is 12.7. The Kier molecular flexibility index (Phi) is 3.61. The van der Waals surface area contributed by atoms with Crippen LogP contribution in [0, 0.1) is 17.8 Å². The molecule has 0 unspecified atom stereocenters. The fourth-order valence-corrected chi connectivity index (χ4v) is 5.48. The fourth-order valence-electron chi connectivity index (χ4n) is 5.48. The number of benzene rings is 1. The Bertz CT molecular complexity index is 888. The van der Waals surface area contributed by atoms with E-state index in [0.29, 0.717) is 12.3 Å². The van der Waals surface area contributed by atoms with E-state index in [1.807, 2.05) is 48.5 Å². The number of hydrogen-bond acceptors (Lipinski definition) is 3. The van der Waals surface area contributed by atoms with Gasteiger partial charge < -0.3 is 5.11 Å². The molecule has 3 aliphatic carbocycles. The van der Waals surface area contributed by atoms with Crippen molar-refractivity contribution in [3.8, 4) is 0 Å². The Balaban J connectivity index is 1.71. The summed E-state index contributed by atoms with van der Waals surface area (Å²) >= 11 is 0. The van der Waals surface area contributed by atoms with E-state index in [2.05, 4.69) is 4.98 Å². The molecule has 1 fully saturated rings. The molecule has 5 rings (SSSR count). The SMILES string of the molecule is O=C1C=C2c3ncccc3[C@@](O)(c3ccccc3)C[C@@H]2[C@H]2CCCC[C@H]12. The van der Waals surface area contributed by atoms with Crippen molar-refractivity contribution >= 4 is 11.4 Å². The molecule has 132 valence electrons. The molecule has 0 spiro atoms. The van der Waals surface area contributed by atoms with E-state index in [-0.39, 0.29) is 17.6 Å². The van der Waals surface area contributed by atoms with Gasteiger partial charge in [0, 0.05) is 17.7 Å². The van der Waals surface area contributed by atoms with Crippen LogP contribution in [0.2, 0.25) is 0 Å². The number of carbonyl (C=O) groups excluding carboxylic acids is 1. The molecule has 1 saturated carbocycles. The second-order valence-corrected chi connectivity index (χ2v) is 7.99. The summed E-state index contributed by atoms with van der Waals surface area (Å²) < 4.78 is 0. The van der Waals surface area contributed by atoms with Gasteiger partial charge in [0.1, 0.15) is 5.60 Å². The van der Waals surface area contributed by atoms with Crippen LogP contribution in [0.25, 0.3) is 5.57 Å². The lowest BCUT2D eigenvalue weighted by molar-refractivity contribution is -0.122. The molecule has 0 radical (unpaired) electrons. The van der Waals surface area contributed by atoms with Crippen LogP contribution in [0.5, 0.6) is 0 Å². The van der Waals surface area contributed by atoms with Gasteiger partial charge in [-0.1, -0.05) is 49.2 Å². The average molecular weight is 345 g/mol. The molecule has 1 heterocycles. The van der Waals surface area contributed by atoms with Crippen molar-refractivity contribution in [1.82, 2.24) is 4.98 Å². The second-order valence-electron chi connectivity index (χ2n) is 7.99. The van der Waals surface area contributed by atoms with Crippen LogP contribution in [0.15, 0.2) is 54.7 Å². The van der Waals surface area contributed by atoms with Crippen LogP contribution in [-0.4, -0.2) is 15.9 Å². The third kappa shape index (κ3) is 2.23. The van der Waals surface area contributed by atoms with Gasteiger partial charge in [-0.2, -0.15) is 0 Å². The minimum Gasteiger partial charge on any atom is -0.380 e. The molecule has 4 atom stereocenters. The lowest BCUT2D eigenvalue weighted by Gasteiger charge is -2.47. The van der Waals surface area contributed by atoms with Crippen molar-refractivity contribution < 1.29 is 9.90 Å². The van der Waals surface area contributed by atoms with Gasteiger partial charge >= 0.3 is 0 Å². The molecule has 0 aliphatic heterocycles. The van der Waals surface area contributed by atoms with Gasteiger partial charge in [-0.15, -0.1) is 0 Å². The van der Waals surface area contributed by atoms with Gasteiger partial charge in [-0.05, 0) is 54.4 Å². The van der Waals surface area contributed by atoms with E-state index < -0.39 is 5.60 Å². The largest absolute Gasteiger partial charge is 0.380 e. The lowest BCUT2D eigenvalue weighted by atomic mass is 9.58. The number of hydrogen-bond donors (Lipinski definition) is 1. The van der Waals surface area contributed by atoms with Gasteiger partial charge in [-0.3, -0.25) is 9.78 Å². The number of rotatable bonds is 1. The third-order valence-corrected chi connectivity index (χ3v) is 6.69. The molecule has 1 aromatic carbocycles. The minimum atomic E-state index is -1.05. The molecule has 0 bridgehead atoms. The smallest absolute Gasteiger partial charge is 0.159 e. The average Bonchev–Trinajstić information content (AvgIpc) is 2.70. The Labute approximate surface area is 153 Å². The van der Waals surface area contributed by atoms with Crippen LogP contribution in [0.1, 0.15) is 48.9 Å². The summed E-state index contributed by atoms with van der Waals surface area (Å²) in [5.41, 5.74) is 2.56. The van der Waals surface area contributed by atoms with Crippen molar-refractivity contribution in [3.63, 3.8) is 0 Å². The molecule has 3 nitrogen and oxygen atoms in total. The number of ketones is 1. The molecule has 1 N–H and O–H groups in total. The zero-order valence-electron chi connectivity index (χ0n) is 14.8. The molecule has 26 heavy (non-hydrogen) atoms. The Morgan fingerprint density at radius 1 is 1.00 bits per heavy atom. The zero-order valence-corrected chi connectivity index (χ0v) is 14.8. The molecular weight excluding hydrogens is 322 g/mol. The fraction of sp³-hybridized carbons (Fsp3) is 0.391. The first-order valence-corrected chi connectivity index (χ1v) is 9.68. The van der Waals surface area contributed by atoms with Crippen molar-refractivity contribution in [3.05, 3.63) is 71.6 Å². The van der Waals surface area contributed by atoms with Gasteiger partial charge in [0.05, 0.1) is 5.69 Å². The van der Waals surface area contributed by atoms with Crippen LogP contribution in [-0.2, 0) is 10.4 Å². The highest BCUT2D eigenvalue weighted by Gasteiger charge is 2.50. The van der Waals surface area contributed by atoms with Gasteiger partial charge in [-0.25, -0.2) is 0 Å². The first-order valence-electron chi connectivity index (χ1n) is 9.68. The van der Waals surface area contributed by atoms with E-state index >= 15 is 0 Å². The molecule has 2 aromatic rings. The highest BCUT2D eigenvalue weighted by molar-refractivity contribution is 6.01. The van der Waals surface area contributed by atoms with Crippen molar-refractivity contribution in [1.29, 1.82) is 0 Å². The normalized spacial score (nSPS) is 32.9. The number of carbonyl (C=O) groups is 1. The summed E-state index contributed by atoms with van der Waals surface area (Å²) in [6.07, 6.45) is 8.63. The van der Waals surface area contributed by atoms with Crippen molar-refractivity contribution in [2.24, 2.45) is 17.8 Å². The second kappa shape index (κ2) is 5.88. The van der Waals surface area contributed by atoms with Crippen molar-refractivity contribution in [2.75, 3.05) is 0 Å². The van der Waals surface area contributed by atoms with Gasteiger partial charge in [0.15, 0.2) is 5.78 Å². The molecule has 3 aliphatic rings. The van der Waals surface area contributed by atoms with Crippen LogP contribution < -0.4 is 0 Å². The molecular formula is C23H23NO2. The van der Waals surface area contributed by atoms with Crippen LogP contribution in [0.4, 0.5) is 0 Å². The molecule has 3 heteroatoms. The summed E-state index contributed by atoms with van der Waals surface area (Å²) in [7, 11) is 0. The zero-order chi connectivity index (χ0) is 17.7. The maximum absolute atomic E-state index is 12.8. The van der Waals surface area contributed by atoms with Gasteiger partial charge in [0.2, 0.25) is 0 Å². The van der Waals surface area contributed by atoms with E-state index in [1.54, 1.807) is 6.20 Å². The number of aromatic nitrogens is 1.